The molecule has 46 heavy (non-hydrogen) atoms. The number of likely N-dealkylation sites (tertiary alicyclic amines) is 3. The Morgan fingerprint density at radius 2 is 1.43 bits per heavy atom. The topological polar surface area (TPSA) is 135 Å². The van der Waals surface area contributed by atoms with Gasteiger partial charge in [-0.15, -0.1) is 0 Å². The van der Waals surface area contributed by atoms with Crippen LogP contribution in [0.15, 0.2) is 0 Å². The maximum Gasteiger partial charge on any atom is 0.410 e. The number of ether oxygens (including phenoxy) is 3. The number of methoxy groups -OCH3 is 2. The summed E-state index contributed by atoms with van der Waals surface area (Å²) in [6.07, 6.45) is 10.6. The number of hydrogen-bond acceptors (Lipinski definition) is 11. The van der Waals surface area contributed by atoms with Crippen LogP contribution in [0.25, 0.3) is 0 Å². The van der Waals surface area contributed by atoms with Gasteiger partial charge in [-0.3, -0.25) is 9.80 Å². The van der Waals surface area contributed by atoms with Crippen LogP contribution in [0.1, 0.15) is 92.9 Å². The lowest BCUT2D eigenvalue weighted by atomic mass is 9.91. The second-order valence-corrected chi connectivity index (χ2v) is 14.1. The number of piperidine rings is 2. The van der Waals surface area contributed by atoms with Gasteiger partial charge in [0.1, 0.15) is 5.60 Å². The lowest BCUT2D eigenvalue weighted by molar-refractivity contribution is -0.193. The Labute approximate surface area is 277 Å². The van der Waals surface area contributed by atoms with Crippen molar-refractivity contribution in [1.29, 1.82) is 0 Å². The highest BCUT2D eigenvalue weighted by Crippen LogP contribution is 2.32. The van der Waals surface area contributed by atoms with E-state index in [-0.39, 0.29) is 18.4 Å². The van der Waals surface area contributed by atoms with Crippen molar-refractivity contribution in [1.82, 2.24) is 20.0 Å². The molecule has 266 valence electrons. The molecular formula is C34H62N4O8. The first-order valence-electron chi connectivity index (χ1n) is 17.1. The fourth-order valence-electron chi connectivity index (χ4n) is 7.50. The van der Waals surface area contributed by atoms with Crippen LogP contribution in [0.4, 0.5) is 4.79 Å². The van der Waals surface area contributed by atoms with Crippen molar-refractivity contribution in [2.24, 2.45) is 11.8 Å². The minimum atomic E-state index is -0.423. The molecule has 0 radical (unpaired) electrons. The molecule has 0 aromatic carbocycles. The quantitative estimate of drug-likeness (QED) is 0.409. The highest BCUT2D eigenvalue weighted by Gasteiger charge is 2.39. The first-order valence-corrected chi connectivity index (χ1v) is 17.1. The maximum atomic E-state index is 12.3. The Kier molecular flexibility index (Phi) is 20.4. The number of rotatable bonds is 8. The van der Waals surface area contributed by atoms with Crippen LogP contribution < -0.4 is 5.32 Å². The van der Waals surface area contributed by atoms with Crippen LogP contribution in [0.2, 0.25) is 0 Å². The molecule has 4 heterocycles. The molecule has 4 aliphatic rings. The SMILES string of the molecule is COC(C)C[C@@H]1CCCN1C1CCN(C(=O)OC(C)(C)C)CC1C.COCC[C@@H]1CCCN1C1CCNCC1C.O=C=O.O=C=O. The number of amides is 1. The predicted octanol–water partition coefficient (Wildman–Crippen LogP) is 3.84. The summed E-state index contributed by atoms with van der Waals surface area (Å²) in [6.45, 7) is 20.0. The molecule has 0 bridgehead atoms. The first-order chi connectivity index (χ1) is 21.9. The molecule has 4 saturated heterocycles. The van der Waals surface area contributed by atoms with Gasteiger partial charge in [-0.05, 0) is 117 Å². The van der Waals surface area contributed by atoms with Gasteiger partial charge >= 0.3 is 18.4 Å². The van der Waals surface area contributed by atoms with Crippen LogP contribution in [0.3, 0.4) is 0 Å². The highest BCUT2D eigenvalue weighted by atomic mass is 16.6. The summed E-state index contributed by atoms with van der Waals surface area (Å²) in [5.41, 5.74) is -0.423. The van der Waals surface area contributed by atoms with E-state index in [0.29, 0.717) is 24.1 Å². The predicted molar refractivity (Wildman–Crippen MR) is 173 cm³/mol. The van der Waals surface area contributed by atoms with E-state index in [9.17, 15) is 4.79 Å². The first kappa shape index (κ1) is 41.9. The monoisotopic (exact) mass is 654 g/mol. The Hall–Kier alpha value is -2.17. The summed E-state index contributed by atoms with van der Waals surface area (Å²) in [7, 11) is 3.61. The summed E-state index contributed by atoms with van der Waals surface area (Å²) in [6, 6.07) is 2.79. The normalized spacial score (nSPS) is 29.0. The van der Waals surface area contributed by atoms with Gasteiger partial charge in [-0.25, -0.2) is 4.79 Å². The average Bonchev–Trinajstić information content (AvgIpc) is 3.66. The van der Waals surface area contributed by atoms with E-state index in [2.05, 4.69) is 35.9 Å². The molecule has 0 aromatic heterocycles. The summed E-state index contributed by atoms with van der Waals surface area (Å²) >= 11 is 0. The van der Waals surface area contributed by atoms with Crippen LogP contribution >= 0.6 is 0 Å². The van der Waals surface area contributed by atoms with E-state index < -0.39 is 5.60 Å². The largest absolute Gasteiger partial charge is 0.444 e. The van der Waals surface area contributed by atoms with Crippen molar-refractivity contribution in [2.75, 3.05) is 60.1 Å². The number of hydrogen-bond donors (Lipinski definition) is 1. The minimum absolute atomic E-state index is 0.168. The van der Waals surface area contributed by atoms with Crippen molar-refractivity contribution in [3.63, 3.8) is 0 Å². The summed E-state index contributed by atoms with van der Waals surface area (Å²) in [5.74, 6) is 1.28. The van der Waals surface area contributed by atoms with E-state index in [0.717, 1.165) is 50.5 Å². The van der Waals surface area contributed by atoms with Gasteiger partial charge in [0.25, 0.3) is 0 Å². The Balaban J connectivity index is 0.000000413. The number of carbonyl (C=O) groups excluding carboxylic acids is 5. The van der Waals surface area contributed by atoms with Crippen molar-refractivity contribution in [2.45, 2.75) is 129 Å². The van der Waals surface area contributed by atoms with Crippen LogP contribution in [0, 0.1) is 11.8 Å². The average molecular weight is 655 g/mol. The van der Waals surface area contributed by atoms with Gasteiger partial charge in [0.15, 0.2) is 0 Å². The van der Waals surface area contributed by atoms with Crippen molar-refractivity contribution in [3.8, 4) is 0 Å². The number of carbonyl (C=O) groups is 1. The summed E-state index contributed by atoms with van der Waals surface area (Å²) in [4.78, 5) is 52.1. The second kappa shape index (κ2) is 22.4. The highest BCUT2D eigenvalue weighted by molar-refractivity contribution is 5.68. The molecule has 0 aromatic rings. The van der Waals surface area contributed by atoms with Crippen LogP contribution in [-0.4, -0.2) is 129 Å². The minimum Gasteiger partial charge on any atom is -0.444 e. The fourth-order valence-corrected chi connectivity index (χ4v) is 7.50. The van der Waals surface area contributed by atoms with Gasteiger partial charge in [0.2, 0.25) is 0 Å². The standard InChI is InChI=1S/C19H36N2O3.C13H26N2O.2CO2/c1-14-13-20(18(22)24-19(3,4)5)11-9-17(14)21-10-7-8-16(21)12-15(2)23-6;1-11-10-14-7-5-13(11)15-8-3-4-12(15)6-9-16-2;2*2-1-3/h14-17H,7-13H2,1-6H3;11-14H,3-10H2,1-2H3;;/t14?,15?,16-,17?;11?,12-,13?;;/m00../s1. The molecule has 12 heteroatoms. The third kappa shape index (κ3) is 14.7. The van der Waals surface area contributed by atoms with Crippen molar-refractivity contribution < 1.29 is 38.2 Å². The second-order valence-electron chi connectivity index (χ2n) is 14.1. The van der Waals surface area contributed by atoms with Gasteiger partial charge in [-0.2, -0.15) is 19.2 Å². The fraction of sp³-hybridized carbons (Fsp3) is 0.912. The Morgan fingerprint density at radius 3 is 1.96 bits per heavy atom. The van der Waals surface area contributed by atoms with Crippen LogP contribution in [-0.2, 0) is 33.4 Å². The molecule has 4 aliphatic heterocycles. The maximum absolute atomic E-state index is 12.3. The van der Waals surface area contributed by atoms with E-state index in [4.69, 9.17) is 33.4 Å². The van der Waals surface area contributed by atoms with Crippen LogP contribution in [0.5, 0.6) is 0 Å². The van der Waals surface area contributed by atoms with E-state index in [1.807, 2.05) is 32.8 Å². The summed E-state index contributed by atoms with van der Waals surface area (Å²) < 4.78 is 16.2. The third-order valence-corrected chi connectivity index (χ3v) is 9.61. The molecule has 12 nitrogen and oxygen atoms in total. The molecule has 1 amide bonds. The molecular weight excluding hydrogens is 592 g/mol. The molecule has 5 unspecified atom stereocenters. The molecule has 0 spiro atoms. The zero-order valence-corrected chi connectivity index (χ0v) is 29.8. The molecule has 0 aliphatic carbocycles. The Morgan fingerprint density at radius 1 is 0.870 bits per heavy atom. The zero-order chi connectivity index (χ0) is 34.7. The van der Waals surface area contributed by atoms with E-state index in [1.54, 1.807) is 7.11 Å². The van der Waals surface area contributed by atoms with Gasteiger partial charge in [0.05, 0.1) is 6.10 Å². The molecule has 1 N–H and O–H groups in total. The number of nitrogens with zero attached hydrogens (tertiary/aromatic N) is 3. The Bertz CT molecular complexity index is 907. The van der Waals surface area contributed by atoms with E-state index in [1.165, 1.54) is 64.7 Å². The van der Waals surface area contributed by atoms with E-state index >= 15 is 0 Å². The lowest BCUT2D eigenvalue weighted by Crippen LogP contribution is -2.53. The number of nitrogens with one attached hydrogen (secondary N) is 1. The summed E-state index contributed by atoms with van der Waals surface area (Å²) in [5, 5.41) is 3.49. The van der Waals surface area contributed by atoms with Gasteiger partial charge in [0, 0.05) is 58.1 Å². The smallest absolute Gasteiger partial charge is 0.410 e. The third-order valence-electron chi connectivity index (χ3n) is 9.61. The molecule has 0 saturated carbocycles. The van der Waals surface area contributed by atoms with Gasteiger partial charge in [-0.1, -0.05) is 13.8 Å². The van der Waals surface area contributed by atoms with Crippen molar-refractivity contribution >= 4 is 18.4 Å². The molecule has 4 rings (SSSR count). The molecule has 7 atom stereocenters. The van der Waals surface area contributed by atoms with Crippen molar-refractivity contribution in [3.05, 3.63) is 0 Å². The van der Waals surface area contributed by atoms with Gasteiger partial charge < -0.3 is 24.4 Å². The zero-order valence-electron chi connectivity index (χ0n) is 29.8. The lowest BCUT2D eigenvalue weighted by Gasteiger charge is -2.43. The molecule has 4 fully saturated rings.